The van der Waals surface area contributed by atoms with E-state index in [4.69, 9.17) is 17.3 Å². The van der Waals surface area contributed by atoms with E-state index in [2.05, 4.69) is 5.32 Å². The van der Waals surface area contributed by atoms with Gasteiger partial charge in [-0.25, -0.2) is 0 Å². The molecule has 0 spiro atoms. The van der Waals surface area contributed by atoms with Crippen molar-refractivity contribution in [3.63, 3.8) is 0 Å². The van der Waals surface area contributed by atoms with E-state index >= 15 is 0 Å². The predicted molar refractivity (Wildman–Crippen MR) is 80.7 cm³/mol. The summed E-state index contributed by atoms with van der Waals surface area (Å²) in [6.45, 7) is 5.63. The molecule has 0 saturated heterocycles. The van der Waals surface area contributed by atoms with Gasteiger partial charge in [0.25, 0.3) is 5.91 Å². The summed E-state index contributed by atoms with van der Waals surface area (Å²) in [5.74, 6) is -0.495. The number of amides is 2. The molecular weight excluding hydrogens is 278 g/mol. The summed E-state index contributed by atoms with van der Waals surface area (Å²) in [4.78, 5) is 25.3. The third-order valence-electron chi connectivity index (χ3n) is 2.49. The minimum absolute atomic E-state index is 0.0158. The molecule has 20 heavy (non-hydrogen) atoms. The minimum atomic E-state index is -0.328. The molecule has 0 saturated carbocycles. The summed E-state index contributed by atoms with van der Waals surface area (Å²) in [6.07, 6.45) is 0. The lowest BCUT2D eigenvalue weighted by molar-refractivity contribution is -0.122. The molecule has 1 aromatic carbocycles. The SMILES string of the molecule is CN(CC(=O)NC(C)(C)C)C(=O)c1ccc(N)c(Cl)c1. The van der Waals surface area contributed by atoms with Gasteiger partial charge in [0.15, 0.2) is 0 Å². The first kappa shape index (κ1) is 16.3. The number of nitrogens with zero attached hydrogens (tertiary/aromatic N) is 1. The molecule has 0 bridgehead atoms. The van der Waals surface area contributed by atoms with Crippen molar-refractivity contribution in [3.05, 3.63) is 28.8 Å². The number of rotatable bonds is 3. The molecule has 0 aromatic heterocycles. The molecule has 1 aromatic rings. The van der Waals surface area contributed by atoms with Gasteiger partial charge in [-0.15, -0.1) is 0 Å². The van der Waals surface area contributed by atoms with Crippen LogP contribution in [0.1, 0.15) is 31.1 Å². The van der Waals surface area contributed by atoms with Gasteiger partial charge in [0, 0.05) is 18.2 Å². The topological polar surface area (TPSA) is 75.4 Å². The second kappa shape index (κ2) is 6.13. The predicted octanol–water partition coefficient (Wildman–Crippen LogP) is 1.91. The maximum atomic E-state index is 12.2. The number of nitrogen functional groups attached to an aromatic ring is 1. The van der Waals surface area contributed by atoms with Crippen LogP contribution in [0.15, 0.2) is 18.2 Å². The number of hydrogen-bond donors (Lipinski definition) is 2. The first-order valence-corrected chi connectivity index (χ1v) is 6.59. The van der Waals surface area contributed by atoms with Crippen molar-refractivity contribution in [2.24, 2.45) is 0 Å². The monoisotopic (exact) mass is 297 g/mol. The molecule has 0 aliphatic heterocycles. The minimum Gasteiger partial charge on any atom is -0.398 e. The van der Waals surface area contributed by atoms with E-state index in [1.54, 1.807) is 19.2 Å². The quantitative estimate of drug-likeness (QED) is 0.837. The van der Waals surface area contributed by atoms with Gasteiger partial charge in [0.2, 0.25) is 5.91 Å². The van der Waals surface area contributed by atoms with E-state index in [-0.39, 0.29) is 23.9 Å². The maximum absolute atomic E-state index is 12.2. The van der Waals surface area contributed by atoms with Gasteiger partial charge in [-0.05, 0) is 39.0 Å². The molecule has 0 atom stereocenters. The van der Waals surface area contributed by atoms with Crippen LogP contribution in [0.2, 0.25) is 5.02 Å². The Hall–Kier alpha value is -1.75. The van der Waals surface area contributed by atoms with Crippen LogP contribution in [0, 0.1) is 0 Å². The highest BCUT2D eigenvalue weighted by Crippen LogP contribution is 2.20. The Kier molecular flexibility index (Phi) is 5.00. The van der Waals surface area contributed by atoms with Crippen LogP contribution in [-0.4, -0.2) is 35.8 Å². The maximum Gasteiger partial charge on any atom is 0.254 e. The molecule has 6 heteroatoms. The van der Waals surface area contributed by atoms with Gasteiger partial charge >= 0.3 is 0 Å². The second-order valence-corrected chi connectivity index (χ2v) is 6.10. The molecule has 3 N–H and O–H groups in total. The molecule has 0 aliphatic carbocycles. The second-order valence-electron chi connectivity index (χ2n) is 5.70. The average Bonchev–Trinajstić information content (AvgIpc) is 2.29. The Morgan fingerprint density at radius 3 is 2.45 bits per heavy atom. The molecule has 0 aliphatic rings. The van der Waals surface area contributed by atoms with Crippen molar-refractivity contribution in [1.29, 1.82) is 0 Å². The third kappa shape index (κ3) is 4.74. The van der Waals surface area contributed by atoms with Crippen molar-refractivity contribution in [2.75, 3.05) is 19.3 Å². The van der Waals surface area contributed by atoms with E-state index in [0.29, 0.717) is 16.3 Å². The van der Waals surface area contributed by atoms with Crippen molar-refractivity contribution in [1.82, 2.24) is 10.2 Å². The van der Waals surface area contributed by atoms with Crippen molar-refractivity contribution < 1.29 is 9.59 Å². The first-order valence-electron chi connectivity index (χ1n) is 6.21. The van der Waals surface area contributed by atoms with Crippen LogP contribution < -0.4 is 11.1 Å². The summed E-state index contributed by atoms with van der Waals surface area (Å²) in [5.41, 5.74) is 6.08. The van der Waals surface area contributed by atoms with Gasteiger partial charge in [-0.3, -0.25) is 9.59 Å². The first-order chi connectivity index (χ1) is 9.10. The van der Waals surface area contributed by atoms with Gasteiger partial charge < -0.3 is 16.0 Å². The molecule has 1 rings (SSSR count). The fourth-order valence-corrected chi connectivity index (χ4v) is 1.81. The standard InChI is InChI=1S/C14H20ClN3O2/c1-14(2,3)17-12(19)8-18(4)13(20)9-5-6-11(16)10(15)7-9/h5-7H,8,16H2,1-4H3,(H,17,19). The fraction of sp³-hybridized carbons (Fsp3) is 0.429. The van der Waals surface area contributed by atoms with E-state index in [1.807, 2.05) is 20.8 Å². The summed E-state index contributed by atoms with van der Waals surface area (Å²) < 4.78 is 0. The summed E-state index contributed by atoms with van der Waals surface area (Å²) in [5, 5.41) is 3.12. The third-order valence-corrected chi connectivity index (χ3v) is 2.82. The lowest BCUT2D eigenvalue weighted by Crippen LogP contribution is -2.46. The molecule has 0 fully saturated rings. The molecular formula is C14H20ClN3O2. The van der Waals surface area contributed by atoms with Crippen LogP contribution in [0.25, 0.3) is 0 Å². The lowest BCUT2D eigenvalue weighted by atomic mass is 10.1. The molecule has 0 heterocycles. The highest BCUT2D eigenvalue weighted by atomic mass is 35.5. The molecule has 2 amide bonds. The van der Waals surface area contributed by atoms with Gasteiger partial charge in [0.05, 0.1) is 17.3 Å². The zero-order chi connectivity index (χ0) is 15.5. The van der Waals surface area contributed by atoms with Crippen molar-refractivity contribution >= 4 is 29.1 Å². The van der Waals surface area contributed by atoms with Gasteiger partial charge in [-0.2, -0.15) is 0 Å². The number of halogens is 1. The smallest absolute Gasteiger partial charge is 0.254 e. The normalized spacial score (nSPS) is 11.1. The van der Waals surface area contributed by atoms with Crippen LogP contribution in [-0.2, 0) is 4.79 Å². The molecule has 5 nitrogen and oxygen atoms in total. The van der Waals surface area contributed by atoms with Crippen molar-refractivity contribution in [2.45, 2.75) is 26.3 Å². The Labute approximate surface area is 124 Å². The summed E-state index contributed by atoms with van der Waals surface area (Å²) in [6, 6.07) is 4.65. The zero-order valence-electron chi connectivity index (χ0n) is 12.2. The summed E-state index contributed by atoms with van der Waals surface area (Å²) in [7, 11) is 1.56. The lowest BCUT2D eigenvalue weighted by Gasteiger charge is -2.23. The van der Waals surface area contributed by atoms with E-state index < -0.39 is 0 Å². The Morgan fingerprint density at radius 2 is 1.95 bits per heavy atom. The van der Waals surface area contributed by atoms with Gasteiger partial charge in [-0.1, -0.05) is 11.6 Å². The van der Waals surface area contributed by atoms with E-state index in [0.717, 1.165) is 0 Å². The Morgan fingerprint density at radius 1 is 1.35 bits per heavy atom. The number of nitrogens with one attached hydrogen (secondary N) is 1. The van der Waals surface area contributed by atoms with Crippen LogP contribution in [0.5, 0.6) is 0 Å². The van der Waals surface area contributed by atoms with Crippen LogP contribution >= 0.6 is 11.6 Å². The van der Waals surface area contributed by atoms with Crippen LogP contribution in [0.4, 0.5) is 5.69 Å². The van der Waals surface area contributed by atoms with E-state index in [1.165, 1.54) is 11.0 Å². The van der Waals surface area contributed by atoms with Crippen molar-refractivity contribution in [3.8, 4) is 0 Å². The average molecular weight is 298 g/mol. The summed E-state index contributed by atoms with van der Waals surface area (Å²) >= 11 is 5.88. The number of likely N-dealkylation sites (N-methyl/N-ethyl adjacent to an activating group) is 1. The molecule has 110 valence electrons. The number of hydrogen-bond acceptors (Lipinski definition) is 3. The molecule has 0 unspecified atom stereocenters. The van der Waals surface area contributed by atoms with Gasteiger partial charge in [0.1, 0.15) is 0 Å². The zero-order valence-corrected chi connectivity index (χ0v) is 12.9. The largest absolute Gasteiger partial charge is 0.398 e. The number of carbonyl (C=O) groups excluding carboxylic acids is 2. The van der Waals surface area contributed by atoms with Crippen LogP contribution in [0.3, 0.4) is 0 Å². The highest BCUT2D eigenvalue weighted by molar-refractivity contribution is 6.33. The number of benzene rings is 1. The number of carbonyl (C=O) groups is 2. The Bertz CT molecular complexity index is 524. The highest BCUT2D eigenvalue weighted by Gasteiger charge is 2.19. The van der Waals surface area contributed by atoms with E-state index in [9.17, 15) is 9.59 Å². The number of nitrogens with two attached hydrogens (primary N) is 1. The number of anilines is 1. The fourth-order valence-electron chi connectivity index (χ4n) is 1.63. The Balaban J connectivity index is 2.72. The molecule has 0 radical (unpaired) electrons.